The van der Waals surface area contributed by atoms with Gasteiger partial charge in [-0.2, -0.15) is 5.26 Å². The fraction of sp³-hybridized carbons (Fsp3) is 0.462. The summed E-state index contributed by atoms with van der Waals surface area (Å²) in [7, 11) is 2.12. The van der Waals surface area contributed by atoms with Crippen molar-refractivity contribution < 1.29 is 0 Å². The fourth-order valence-electron chi connectivity index (χ4n) is 1.61. The van der Waals surface area contributed by atoms with Gasteiger partial charge in [-0.3, -0.25) is 0 Å². The third kappa shape index (κ3) is 5.29. The highest BCUT2D eigenvalue weighted by molar-refractivity contribution is 9.10. The molecule has 86 valence electrons. The molecule has 0 aromatic heterocycles. The van der Waals surface area contributed by atoms with Crippen LogP contribution in [-0.4, -0.2) is 18.5 Å². The Morgan fingerprint density at radius 3 is 2.88 bits per heavy atom. The third-order valence-electron chi connectivity index (χ3n) is 2.42. The van der Waals surface area contributed by atoms with Crippen LogP contribution in [0.3, 0.4) is 0 Å². The van der Waals surface area contributed by atoms with Crippen molar-refractivity contribution in [2.45, 2.75) is 25.8 Å². The first kappa shape index (κ1) is 13.2. The first-order chi connectivity index (χ1) is 7.72. The maximum absolute atomic E-state index is 8.43. The van der Waals surface area contributed by atoms with Crippen molar-refractivity contribution in [2.24, 2.45) is 0 Å². The molecule has 0 spiro atoms. The largest absolute Gasteiger partial charge is 0.302 e. The molecule has 0 saturated carbocycles. The molecule has 0 aliphatic carbocycles. The van der Waals surface area contributed by atoms with E-state index in [0.717, 1.165) is 30.4 Å². The minimum absolute atomic E-state index is 0.671. The number of hydrogen-bond donors (Lipinski definition) is 0. The van der Waals surface area contributed by atoms with Crippen LogP contribution in [0.25, 0.3) is 0 Å². The van der Waals surface area contributed by atoms with Gasteiger partial charge in [0, 0.05) is 17.4 Å². The topological polar surface area (TPSA) is 27.0 Å². The molecule has 1 aromatic rings. The van der Waals surface area contributed by atoms with Crippen molar-refractivity contribution in [2.75, 3.05) is 13.6 Å². The van der Waals surface area contributed by atoms with E-state index in [1.165, 1.54) is 5.56 Å². The summed E-state index contributed by atoms with van der Waals surface area (Å²) in [6.45, 7) is 2.01. The van der Waals surface area contributed by atoms with Crippen LogP contribution in [0, 0.1) is 11.3 Å². The van der Waals surface area contributed by atoms with Gasteiger partial charge < -0.3 is 4.90 Å². The van der Waals surface area contributed by atoms with Crippen molar-refractivity contribution in [1.29, 1.82) is 5.26 Å². The van der Waals surface area contributed by atoms with E-state index in [9.17, 15) is 0 Å². The quantitative estimate of drug-likeness (QED) is 0.745. The molecule has 3 heteroatoms. The van der Waals surface area contributed by atoms with E-state index < -0.39 is 0 Å². The van der Waals surface area contributed by atoms with E-state index in [2.05, 4.69) is 52.1 Å². The Kier molecular flexibility index (Phi) is 6.14. The SMILES string of the molecule is CN(CCCCC#N)Cc1cccc(Br)c1. The van der Waals surface area contributed by atoms with Crippen LogP contribution < -0.4 is 0 Å². The van der Waals surface area contributed by atoms with E-state index in [-0.39, 0.29) is 0 Å². The number of benzene rings is 1. The first-order valence-corrected chi connectivity index (χ1v) is 6.31. The molecule has 0 amide bonds. The molecule has 0 aliphatic rings. The zero-order chi connectivity index (χ0) is 11.8. The number of halogens is 1. The molecule has 0 radical (unpaired) electrons. The number of nitriles is 1. The van der Waals surface area contributed by atoms with E-state index in [4.69, 9.17) is 5.26 Å². The molecule has 16 heavy (non-hydrogen) atoms. The Bertz CT molecular complexity index is 357. The summed E-state index contributed by atoms with van der Waals surface area (Å²) < 4.78 is 1.13. The normalized spacial score (nSPS) is 10.4. The van der Waals surface area contributed by atoms with Crippen molar-refractivity contribution >= 4 is 15.9 Å². The molecule has 1 aromatic carbocycles. The Hall–Kier alpha value is -0.850. The van der Waals surface area contributed by atoms with Gasteiger partial charge >= 0.3 is 0 Å². The van der Waals surface area contributed by atoms with E-state index in [1.54, 1.807) is 0 Å². The molecular weight excluding hydrogens is 264 g/mol. The minimum atomic E-state index is 0.671. The highest BCUT2D eigenvalue weighted by Gasteiger charge is 2.00. The van der Waals surface area contributed by atoms with Gasteiger partial charge in [0.1, 0.15) is 0 Å². The summed E-state index contributed by atoms with van der Waals surface area (Å²) in [6, 6.07) is 10.6. The average Bonchev–Trinajstić information content (AvgIpc) is 2.24. The molecule has 0 atom stereocenters. The standard InChI is InChI=1S/C13H17BrN2/c1-16(9-4-2-3-8-15)11-12-6-5-7-13(14)10-12/h5-7,10H,2-4,9,11H2,1H3. The van der Waals surface area contributed by atoms with E-state index in [1.807, 2.05) is 6.07 Å². The van der Waals surface area contributed by atoms with Crippen LogP contribution in [0.15, 0.2) is 28.7 Å². The van der Waals surface area contributed by atoms with Gasteiger partial charge in [-0.15, -0.1) is 0 Å². The Balaban J connectivity index is 2.29. The lowest BCUT2D eigenvalue weighted by molar-refractivity contribution is 0.319. The molecule has 2 nitrogen and oxygen atoms in total. The van der Waals surface area contributed by atoms with E-state index >= 15 is 0 Å². The first-order valence-electron chi connectivity index (χ1n) is 5.52. The maximum Gasteiger partial charge on any atom is 0.0621 e. The molecule has 1 rings (SSSR count). The lowest BCUT2D eigenvalue weighted by Crippen LogP contribution is -2.18. The van der Waals surface area contributed by atoms with Crippen LogP contribution in [0.1, 0.15) is 24.8 Å². The monoisotopic (exact) mass is 280 g/mol. The molecule has 0 unspecified atom stereocenters. The van der Waals surface area contributed by atoms with Crippen LogP contribution in [0.5, 0.6) is 0 Å². The van der Waals surface area contributed by atoms with Gasteiger partial charge in [-0.05, 0) is 44.1 Å². The van der Waals surface area contributed by atoms with Crippen LogP contribution in [-0.2, 0) is 6.54 Å². The summed E-state index contributed by atoms with van der Waals surface area (Å²) in [5, 5.41) is 8.43. The van der Waals surface area contributed by atoms with Crippen molar-refractivity contribution in [1.82, 2.24) is 4.90 Å². The second kappa shape index (κ2) is 7.43. The second-order valence-electron chi connectivity index (χ2n) is 3.98. The molecular formula is C13H17BrN2. The number of unbranched alkanes of at least 4 members (excludes halogenated alkanes) is 2. The van der Waals surface area contributed by atoms with Gasteiger partial charge in [0.25, 0.3) is 0 Å². The van der Waals surface area contributed by atoms with Gasteiger partial charge in [-0.25, -0.2) is 0 Å². The summed E-state index contributed by atoms with van der Waals surface area (Å²) in [5.74, 6) is 0. The minimum Gasteiger partial charge on any atom is -0.302 e. The van der Waals surface area contributed by atoms with E-state index in [0.29, 0.717) is 6.42 Å². The Morgan fingerprint density at radius 2 is 2.19 bits per heavy atom. The zero-order valence-electron chi connectivity index (χ0n) is 9.62. The summed E-state index contributed by atoms with van der Waals surface area (Å²) in [5.41, 5.74) is 1.32. The van der Waals surface area contributed by atoms with Crippen LogP contribution >= 0.6 is 15.9 Å². The molecule has 0 bridgehead atoms. The fourth-order valence-corrected chi connectivity index (χ4v) is 2.06. The number of nitrogens with zero attached hydrogens (tertiary/aromatic N) is 2. The predicted molar refractivity (Wildman–Crippen MR) is 69.9 cm³/mol. The molecule has 0 N–H and O–H groups in total. The lowest BCUT2D eigenvalue weighted by Gasteiger charge is -2.16. The van der Waals surface area contributed by atoms with Crippen LogP contribution in [0.4, 0.5) is 0 Å². The van der Waals surface area contributed by atoms with Gasteiger partial charge in [0.05, 0.1) is 6.07 Å². The van der Waals surface area contributed by atoms with Gasteiger partial charge in [0.2, 0.25) is 0 Å². The average molecular weight is 281 g/mol. The Labute approximate surface area is 106 Å². The number of rotatable bonds is 6. The number of hydrogen-bond acceptors (Lipinski definition) is 2. The molecule has 0 fully saturated rings. The van der Waals surface area contributed by atoms with Gasteiger partial charge in [-0.1, -0.05) is 28.1 Å². The molecule has 0 saturated heterocycles. The van der Waals surface area contributed by atoms with Gasteiger partial charge in [0.15, 0.2) is 0 Å². The summed E-state index contributed by atoms with van der Waals surface area (Å²) in [4.78, 5) is 2.29. The predicted octanol–water partition coefficient (Wildman–Crippen LogP) is 3.57. The zero-order valence-corrected chi connectivity index (χ0v) is 11.2. The smallest absolute Gasteiger partial charge is 0.0621 e. The second-order valence-corrected chi connectivity index (χ2v) is 4.90. The Morgan fingerprint density at radius 1 is 1.38 bits per heavy atom. The maximum atomic E-state index is 8.43. The highest BCUT2D eigenvalue weighted by atomic mass is 79.9. The summed E-state index contributed by atoms with van der Waals surface area (Å²) >= 11 is 3.47. The van der Waals surface area contributed by atoms with Crippen LogP contribution in [0.2, 0.25) is 0 Å². The third-order valence-corrected chi connectivity index (χ3v) is 2.91. The molecule has 0 heterocycles. The lowest BCUT2D eigenvalue weighted by atomic mass is 10.2. The summed E-state index contributed by atoms with van der Waals surface area (Å²) in [6.07, 6.45) is 2.77. The molecule has 0 aliphatic heterocycles. The van der Waals surface area contributed by atoms with Crippen molar-refractivity contribution in [3.05, 3.63) is 34.3 Å². The highest BCUT2D eigenvalue weighted by Crippen LogP contribution is 2.13. The van der Waals surface area contributed by atoms with Crippen molar-refractivity contribution in [3.63, 3.8) is 0 Å². The van der Waals surface area contributed by atoms with Crippen molar-refractivity contribution in [3.8, 4) is 6.07 Å².